The number of ether oxygens (including phenoxy) is 1. The van der Waals surface area contributed by atoms with Crippen molar-refractivity contribution in [3.05, 3.63) is 41.0 Å². The first-order chi connectivity index (χ1) is 9.27. The van der Waals surface area contributed by atoms with Crippen LogP contribution in [0.5, 0.6) is 5.75 Å². The maximum Gasteiger partial charge on any atom is 0.417 e. The Hall–Kier alpha value is -1.98. The highest BCUT2D eigenvalue weighted by molar-refractivity contribution is 5.79. The fourth-order valence-electron chi connectivity index (χ4n) is 2.00. The normalized spacial score (nSPS) is 11.8. The van der Waals surface area contributed by atoms with Crippen LogP contribution in [0.1, 0.15) is 23.1 Å². The molecule has 0 bridgehead atoms. The minimum absolute atomic E-state index is 0.0414. The van der Waals surface area contributed by atoms with Crippen LogP contribution in [-0.4, -0.2) is 18.2 Å². The van der Waals surface area contributed by atoms with E-state index in [1.165, 1.54) is 32.2 Å². The smallest absolute Gasteiger partial charge is 0.417 e. The predicted octanol–water partition coefficient (Wildman–Crippen LogP) is 3.60. The number of carbonyl (C=O) groups is 1. The van der Waals surface area contributed by atoms with E-state index in [1.807, 2.05) is 0 Å². The summed E-state index contributed by atoms with van der Waals surface area (Å²) in [5.41, 5.74) is -0.536. The van der Waals surface area contributed by atoms with Crippen LogP contribution >= 0.6 is 0 Å². The van der Waals surface area contributed by atoms with E-state index in [1.54, 1.807) is 0 Å². The molecule has 1 rings (SSSR count). The molecule has 0 fully saturated rings. The molecule has 0 radical (unpaired) electrons. The van der Waals surface area contributed by atoms with Gasteiger partial charge in [-0.25, -0.2) is 4.79 Å². The molecule has 0 saturated carbocycles. The number of rotatable bonds is 5. The number of carboxylic acid groups (broad SMARTS) is 1. The molecule has 0 aliphatic rings. The topological polar surface area (TPSA) is 46.5 Å². The van der Waals surface area contributed by atoms with Crippen LogP contribution in [-0.2, 0) is 17.4 Å². The molecule has 0 aromatic heterocycles. The summed E-state index contributed by atoms with van der Waals surface area (Å²) in [5, 5.41) is 8.42. The summed E-state index contributed by atoms with van der Waals surface area (Å²) in [4.78, 5) is 10.3. The fourth-order valence-corrected chi connectivity index (χ4v) is 2.00. The van der Waals surface area contributed by atoms with Gasteiger partial charge in [-0.15, -0.1) is 0 Å². The second-order valence-corrected chi connectivity index (χ2v) is 4.20. The molecule has 6 heteroatoms. The van der Waals surface area contributed by atoms with E-state index >= 15 is 0 Å². The molecule has 0 aliphatic carbocycles. The van der Waals surface area contributed by atoms with Crippen molar-refractivity contribution in [2.75, 3.05) is 7.11 Å². The lowest BCUT2D eigenvalue weighted by atomic mass is 9.97. The van der Waals surface area contributed by atoms with Gasteiger partial charge in [-0.2, -0.15) is 13.2 Å². The zero-order valence-corrected chi connectivity index (χ0v) is 11.1. The Balaban J connectivity index is 3.07. The average Bonchev–Trinajstić information content (AvgIpc) is 2.33. The second kappa shape index (κ2) is 6.45. The maximum atomic E-state index is 13.1. The third-order valence-corrected chi connectivity index (χ3v) is 2.85. The first-order valence-electron chi connectivity index (χ1n) is 5.90. The van der Waals surface area contributed by atoms with Gasteiger partial charge in [0.05, 0.1) is 12.7 Å². The number of alkyl halides is 3. The van der Waals surface area contributed by atoms with Crippen molar-refractivity contribution >= 4 is 5.97 Å². The lowest BCUT2D eigenvalue weighted by Gasteiger charge is -2.17. The van der Waals surface area contributed by atoms with Crippen LogP contribution in [0.25, 0.3) is 0 Å². The Morgan fingerprint density at radius 3 is 2.55 bits per heavy atom. The van der Waals surface area contributed by atoms with Crippen molar-refractivity contribution in [2.24, 2.45) is 0 Å². The zero-order valence-electron chi connectivity index (χ0n) is 11.1. The minimum Gasteiger partial charge on any atom is -0.496 e. The number of allylic oxidation sites excluding steroid dienone is 1. The number of halogens is 3. The predicted molar refractivity (Wildman–Crippen MR) is 67.8 cm³/mol. The Kier molecular flexibility index (Phi) is 5.19. The maximum absolute atomic E-state index is 13.1. The monoisotopic (exact) mass is 288 g/mol. The first kappa shape index (κ1) is 16.1. The summed E-state index contributed by atoms with van der Waals surface area (Å²) >= 11 is 0. The van der Waals surface area contributed by atoms with E-state index in [0.717, 1.165) is 6.08 Å². The first-order valence-corrected chi connectivity index (χ1v) is 5.90. The van der Waals surface area contributed by atoms with Crippen molar-refractivity contribution in [3.63, 3.8) is 0 Å². The summed E-state index contributed by atoms with van der Waals surface area (Å²) in [6.45, 7) is 1.36. The van der Waals surface area contributed by atoms with Crippen molar-refractivity contribution in [1.29, 1.82) is 0 Å². The molecule has 0 heterocycles. The van der Waals surface area contributed by atoms with Crippen LogP contribution in [0.15, 0.2) is 24.3 Å². The molecule has 1 aromatic carbocycles. The molecule has 110 valence electrons. The summed E-state index contributed by atoms with van der Waals surface area (Å²) < 4.78 is 44.2. The number of hydrogen-bond acceptors (Lipinski definition) is 2. The average molecular weight is 288 g/mol. The largest absolute Gasteiger partial charge is 0.496 e. The van der Waals surface area contributed by atoms with E-state index in [-0.39, 0.29) is 29.7 Å². The van der Waals surface area contributed by atoms with Gasteiger partial charge in [-0.05, 0) is 31.4 Å². The number of benzene rings is 1. The summed E-state index contributed by atoms with van der Waals surface area (Å²) in [6.07, 6.45) is -1.87. The molecule has 20 heavy (non-hydrogen) atoms. The molecule has 0 aliphatic heterocycles. The highest BCUT2D eigenvalue weighted by atomic mass is 19.4. The quantitative estimate of drug-likeness (QED) is 0.842. The van der Waals surface area contributed by atoms with Gasteiger partial charge < -0.3 is 9.84 Å². The molecule has 0 amide bonds. The standard InChI is InChI=1S/C14H15F3O3/c1-9-11(20-2)8-7-10(13(9)14(15,16)17)5-3-4-6-12(18)19/h4,6-8H,3,5H2,1-2H3,(H,18,19)/b6-4+. The van der Waals surface area contributed by atoms with Gasteiger partial charge in [0.15, 0.2) is 0 Å². The van der Waals surface area contributed by atoms with Gasteiger partial charge in [0.2, 0.25) is 0 Å². The zero-order chi connectivity index (χ0) is 15.3. The number of methoxy groups -OCH3 is 1. The van der Waals surface area contributed by atoms with Gasteiger partial charge in [0, 0.05) is 11.6 Å². The van der Waals surface area contributed by atoms with Gasteiger partial charge in [-0.3, -0.25) is 0 Å². The van der Waals surface area contributed by atoms with Crippen LogP contribution < -0.4 is 4.74 Å². The molecule has 0 saturated heterocycles. The second-order valence-electron chi connectivity index (χ2n) is 4.20. The molecular formula is C14H15F3O3. The Bertz CT molecular complexity index is 519. The number of aryl methyl sites for hydroxylation is 1. The Morgan fingerprint density at radius 1 is 1.40 bits per heavy atom. The van der Waals surface area contributed by atoms with Crippen molar-refractivity contribution < 1.29 is 27.8 Å². The van der Waals surface area contributed by atoms with E-state index in [0.29, 0.717) is 0 Å². The van der Waals surface area contributed by atoms with E-state index < -0.39 is 17.7 Å². The van der Waals surface area contributed by atoms with Crippen LogP contribution in [0, 0.1) is 6.92 Å². The lowest BCUT2D eigenvalue weighted by molar-refractivity contribution is -0.138. The third kappa shape index (κ3) is 4.01. The molecule has 3 nitrogen and oxygen atoms in total. The molecule has 1 N–H and O–H groups in total. The van der Waals surface area contributed by atoms with Crippen LogP contribution in [0.4, 0.5) is 13.2 Å². The van der Waals surface area contributed by atoms with E-state index in [4.69, 9.17) is 9.84 Å². The van der Waals surface area contributed by atoms with Gasteiger partial charge >= 0.3 is 12.1 Å². The van der Waals surface area contributed by atoms with Crippen molar-refractivity contribution in [3.8, 4) is 5.75 Å². The lowest BCUT2D eigenvalue weighted by Crippen LogP contribution is -2.12. The Morgan fingerprint density at radius 2 is 2.05 bits per heavy atom. The van der Waals surface area contributed by atoms with Gasteiger partial charge in [0.25, 0.3) is 0 Å². The minimum atomic E-state index is -4.47. The van der Waals surface area contributed by atoms with E-state index in [2.05, 4.69) is 0 Å². The highest BCUT2D eigenvalue weighted by Crippen LogP contribution is 2.38. The number of carboxylic acids is 1. The highest BCUT2D eigenvalue weighted by Gasteiger charge is 2.35. The summed E-state index contributed by atoms with van der Waals surface area (Å²) in [7, 11) is 1.32. The molecule has 1 aromatic rings. The van der Waals surface area contributed by atoms with Crippen molar-refractivity contribution in [2.45, 2.75) is 25.9 Å². The van der Waals surface area contributed by atoms with Gasteiger partial charge in [-0.1, -0.05) is 12.1 Å². The van der Waals surface area contributed by atoms with Gasteiger partial charge in [0.1, 0.15) is 5.75 Å². The molecular weight excluding hydrogens is 273 g/mol. The number of hydrogen-bond donors (Lipinski definition) is 1. The molecule has 0 spiro atoms. The SMILES string of the molecule is COc1ccc(CC/C=C/C(=O)O)c(C(F)(F)F)c1C. The number of aliphatic carboxylic acids is 1. The molecule has 0 unspecified atom stereocenters. The van der Waals surface area contributed by atoms with Crippen molar-refractivity contribution in [1.82, 2.24) is 0 Å². The third-order valence-electron chi connectivity index (χ3n) is 2.85. The van der Waals surface area contributed by atoms with E-state index in [9.17, 15) is 18.0 Å². The summed E-state index contributed by atoms with van der Waals surface area (Å²) in [5.74, 6) is -0.936. The van der Waals surface area contributed by atoms with Crippen LogP contribution in [0.3, 0.4) is 0 Å². The Labute approximate surface area is 114 Å². The summed E-state index contributed by atoms with van der Waals surface area (Å²) in [6, 6.07) is 2.85. The van der Waals surface area contributed by atoms with Crippen LogP contribution in [0.2, 0.25) is 0 Å². The molecule has 0 atom stereocenters. The fraction of sp³-hybridized carbons (Fsp3) is 0.357.